The number of piperidine rings is 1. The summed E-state index contributed by atoms with van der Waals surface area (Å²) in [7, 11) is 2.14. The minimum absolute atomic E-state index is 0.0743. The second-order valence-electron chi connectivity index (χ2n) is 7.35. The topological polar surface area (TPSA) is 44.8 Å². The van der Waals surface area contributed by atoms with Crippen LogP contribution in [0, 0.1) is 0 Å². The zero-order valence-electron chi connectivity index (χ0n) is 15.1. The quantitative estimate of drug-likeness (QED) is 0.854. The molecule has 2 aromatic carbocycles. The molecule has 1 fully saturated rings. The maximum absolute atomic E-state index is 13.0. The van der Waals surface area contributed by atoms with Crippen LogP contribution in [0.5, 0.6) is 5.75 Å². The van der Waals surface area contributed by atoms with Crippen LogP contribution in [0.25, 0.3) is 0 Å². The van der Waals surface area contributed by atoms with Crippen LogP contribution in [0.3, 0.4) is 0 Å². The number of urea groups is 1. The third-order valence-corrected chi connectivity index (χ3v) is 5.35. The maximum atomic E-state index is 13.0. The minimum atomic E-state index is -0.312. The number of fused-ring (bicyclic) bond motifs is 1. The predicted octanol–water partition coefficient (Wildman–Crippen LogP) is 3.58. The summed E-state index contributed by atoms with van der Waals surface area (Å²) >= 11 is 0. The zero-order valence-corrected chi connectivity index (χ0v) is 15.1. The minimum Gasteiger partial charge on any atom is -0.485 e. The Morgan fingerprint density at radius 1 is 1.04 bits per heavy atom. The number of nitrogens with zero attached hydrogens (tertiary/aromatic N) is 2. The average Bonchev–Trinajstić information content (AvgIpc) is 2.82. The van der Waals surface area contributed by atoms with Crippen molar-refractivity contribution < 1.29 is 9.53 Å². The molecule has 2 aliphatic heterocycles. The number of ether oxygens (including phenoxy) is 1. The number of amides is 2. The van der Waals surface area contributed by atoms with Crippen LogP contribution in [0.15, 0.2) is 54.6 Å². The molecule has 26 heavy (non-hydrogen) atoms. The number of anilines is 1. The number of carbonyl (C=O) groups is 1. The van der Waals surface area contributed by atoms with Gasteiger partial charge in [0.1, 0.15) is 11.4 Å². The first-order valence-electron chi connectivity index (χ1n) is 9.20. The van der Waals surface area contributed by atoms with E-state index in [4.69, 9.17) is 4.74 Å². The molecule has 0 atom stereocenters. The number of para-hydroxylation sites is 2. The van der Waals surface area contributed by atoms with Gasteiger partial charge in [-0.3, -0.25) is 0 Å². The number of benzene rings is 2. The van der Waals surface area contributed by atoms with Crippen molar-refractivity contribution in [3.05, 3.63) is 60.2 Å². The van der Waals surface area contributed by atoms with Gasteiger partial charge in [-0.2, -0.15) is 0 Å². The van der Waals surface area contributed by atoms with Crippen LogP contribution < -0.4 is 10.1 Å². The van der Waals surface area contributed by atoms with E-state index in [0.717, 1.165) is 42.9 Å². The number of carbonyl (C=O) groups excluding carboxylic acids is 1. The lowest BCUT2D eigenvalue weighted by atomic mass is 9.90. The van der Waals surface area contributed by atoms with Crippen molar-refractivity contribution in [2.75, 3.05) is 32.0 Å². The molecule has 0 aromatic heterocycles. The third-order valence-electron chi connectivity index (χ3n) is 5.35. The molecule has 0 saturated carbocycles. The molecule has 0 bridgehead atoms. The van der Waals surface area contributed by atoms with Crippen LogP contribution in [-0.2, 0) is 6.54 Å². The van der Waals surface area contributed by atoms with Gasteiger partial charge in [-0.05, 0) is 25.2 Å². The highest BCUT2D eigenvalue weighted by atomic mass is 16.5. The van der Waals surface area contributed by atoms with Gasteiger partial charge in [0.05, 0.1) is 13.1 Å². The van der Waals surface area contributed by atoms with Crippen LogP contribution in [0.2, 0.25) is 0 Å². The van der Waals surface area contributed by atoms with Crippen molar-refractivity contribution >= 4 is 11.7 Å². The van der Waals surface area contributed by atoms with Crippen molar-refractivity contribution in [1.29, 1.82) is 0 Å². The van der Waals surface area contributed by atoms with E-state index in [1.54, 1.807) is 0 Å². The van der Waals surface area contributed by atoms with Crippen molar-refractivity contribution in [2.24, 2.45) is 0 Å². The summed E-state index contributed by atoms with van der Waals surface area (Å²) in [5, 5.41) is 3.02. The number of hydrogen-bond acceptors (Lipinski definition) is 3. The van der Waals surface area contributed by atoms with Gasteiger partial charge in [0.15, 0.2) is 0 Å². The van der Waals surface area contributed by atoms with E-state index in [0.29, 0.717) is 13.1 Å². The van der Waals surface area contributed by atoms with Gasteiger partial charge in [0.25, 0.3) is 0 Å². The summed E-state index contributed by atoms with van der Waals surface area (Å²) in [5.41, 5.74) is 1.56. The summed E-state index contributed by atoms with van der Waals surface area (Å²) < 4.78 is 6.52. The van der Waals surface area contributed by atoms with E-state index in [-0.39, 0.29) is 11.6 Å². The summed E-state index contributed by atoms with van der Waals surface area (Å²) in [6.07, 6.45) is 1.85. The Morgan fingerprint density at radius 3 is 2.50 bits per heavy atom. The van der Waals surface area contributed by atoms with Gasteiger partial charge >= 0.3 is 6.03 Å². The first-order valence-corrected chi connectivity index (χ1v) is 9.20. The van der Waals surface area contributed by atoms with Crippen LogP contribution in [-0.4, -0.2) is 48.1 Å². The second kappa shape index (κ2) is 7.00. The SMILES string of the molecule is CN1CCC2(CC1)CN(C(=O)Nc1ccccc1)Cc1ccccc1O2. The molecule has 0 radical (unpaired) electrons. The number of rotatable bonds is 1. The van der Waals surface area contributed by atoms with Crippen LogP contribution >= 0.6 is 0 Å². The lowest BCUT2D eigenvalue weighted by molar-refractivity contribution is -0.00468. The molecule has 1 spiro atoms. The van der Waals surface area contributed by atoms with E-state index in [9.17, 15) is 4.79 Å². The second-order valence-corrected chi connectivity index (χ2v) is 7.35. The monoisotopic (exact) mass is 351 g/mol. The number of nitrogens with one attached hydrogen (secondary N) is 1. The molecule has 4 rings (SSSR count). The highest BCUT2D eigenvalue weighted by Gasteiger charge is 2.41. The van der Waals surface area contributed by atoms with Crippen LogP contribution in [0.4, 0.5) is 10.5 Å². The van der Waals surface area contributed by atoms with Gasteiger partial charge in [0, 0.05) is 37.2 Å². The fourth-order valence-electron chi connectivity index (χ4n) is 3.76. The molecule has 2 aromatic rings. The largest absolute Gasteiger partial charge is 0.485 e. The van der Waals surface area contributed by atoms with Crippen molar-refractivity contribution in [2.45, 2.75) is 25.0 Å². The Labute approximate surface area is 154 Å². The van der Waals surface area contributed by atoms with Gasteiger partial charge in [-0.1, -0.05) is 36.4 Å². The first-order chi connectivity index (χ1) is 12.6. The number of likely N-dealkylation sites (tertiary alicyclic amines) is 1. The van der Waals surface area contributed by atoms with Gasteiger partial charge in [0.2, 0.25) is 0 Å². The average molecular weight is 351 g/mol. The van der Waals surface area contributed by atoms with E-state index < -0.39 is 0 Å². The fraction of sp³-hybridized carbons (Fsp3) is 0.381. The van der Waals surface area contributed by atoms with Gasteiger partial charge in [-0.25, -0.2) is 4.79 Å². The molecule has 0 aliphatic carbocycles. The Bertz CT molecular complexity index is 770. The van der Waals surface area contributed by atoms with E-state index >= 15 is 0 Å². The Morgan fingerprint density at radius 2 is 1.73 bits per heavy atom. The first kappa shape index (κ1) is 16.9. The zero-order chi connectivity index (χ0) is 18.0. The molecule has 136 valence electrons. The molecule has 5 heteroatoms. The Hall–Kier alpha value is -2.53. The molecule has 1 N–H and O–H groups in total. The smallest absolute Gasteiger partial charge is 0.322 e. The highest BCUT2D eigenvalue weighted by Crippen LogP contribution is 2.35. The third kappa shape index (κ3) is 3.53. The van der Waals surface area contributed by atoms with Crippen molar-refractivity contribution in [3.63, 3.8) is 0 Å². The predicted molar refractivity (Wildman–Crippen MR) is 102 cm³/mol. The van der Waals surface area contributed by atoms with Gasteiger partial charge in [-0.15, -0.1) is 0 Å². The lowest BCUT2D eigenvalue weighted by Crippen LogP contribution is -2.54. The normalized spacial score (nSPS) is 19.3. The Balaban J connectivity index is 1.60. The molecule has 0 unspecified atom stereocenters. The standard InChI is InChI=1S/C21H25N3O2/c1-23-13-11-21(12-14-23)16-24(15-17-7-5-6-10-19(17)26-21)20(25)22-18-8-3-2-4-9-18/h2-10H,11-16H2,1H3,(H,22,25). The summed E-state index contributed by atoms with van der Waals surface area (Å²) in [6.45, 7) is 3.13. The molecule has 5 nitrogen and oxygen atoms in total. The fourth-order valence-corrected chi connectivity index (χ4v) is 3.76. The summed E-state index contributed by atoms with van der Waals surface area (Å²) in [6, 6.07) is 17.6. The Kier molecular flexibility index (Phi) is 4.55. The van der Waals surface area contributed by atoms with E-state index in [1.165, 1.54) is 0 Å². The van der Waals surface area contributed by atoms with Crippen molar-refractivity contribution in [3.8, 4) is 5.75 Å². The maximum Gasteiger partial charge on any atom is 0.322 e. The molecule has 2 amide bonds. The molecule has 2 heterocycles. The van der Waals surface area contributed by atoms with E-state index in [1.807, 2.05) is 59.5 Å². The molecular formula is C21H25N3O2. The van der Waals surface area contributed by atoms with E-state index in [2.05, 4.69) is 17.3 Å². The summed E-state index contributed by atoms with van der Waals surface area (Å²) in [4.78, 5) is 17.2. The van der Waals surface area contributed by atoms with Gasteiger partial charge < -0.3 is 19.9 Å². The highest BCUT2D eigenvalue weighted by molar-refractivity contribution is 5.89. The summed E-state index contributed by atoms with van der Waals surface area (Å²) in [5.74, 6) is 0.909. The number of hydrogen-bond donors (Lipinski definition) is 1. The molecule has 1 saturated heterocycles. The molecular weight excluding hydrogens is 326 g/mol. The molecule has 2 aliphatic rings. The lowest BCUT2D eigenvalue weighted by Gasteiger charge is -2.41. The van der Waals surface area contributed by atoms with Crippen LogP contribution in [0.1, 0.15) is 18.4 Å². The van der Waals surface area contributed by atoms with Crippen molar-refractivity contribution in [1.82, 2.24) is 9.80 Å².